The molecule has 0 aliphatic carbocycles. The third kappa shape index (κ3) is 5.21. The van der Waals surface area contributed by atoms with Crippen molar-refractivity contribution in [3.63, 3.8) is 0 Å². The van der Waals surface area contributed by atoms with Crippen LogP contribution in [0.4, 0.5) is 14.5 Å². The van der Waals surface area contributed by atoms with Gasteiger partial charge in [-0.2, -0.15) is 10.1 Å². The maximum atomic E-state index is 13.6. The number of rotatable bonds is 5. The van der Waals surface area contributed by atoms with Crippen molar-refractivity contribution in [3.8, 4) is 0 Å². The Kier molecular flexibility index (Phi) is 6.65. The second kappa shape index (κ2) is 10.0. The average molecular weight is 505 g/mol. The van der Waals surface area contributed by atoms with Gasteiger partial charge in [-0.1, -0.05) is 53.7 Å². The second-order valence-corrected chi connectivity index (χ2v) is 9.80. The predicted molar refractivity (Wildman–Crippen MR) is 137 cm³/mol. The minimum absolute atomic E-state index is 0.0858. The van der Waals surface area contributed by atoms with Gasteiger partial charge in [0.1, 0.15) is 16.9 Å². The molecule has 9 heteroatoms. The van der Waals surface area contributed by atoms with Crippen molar-refractivity contribution in [2.45, 2.75) is 31.1 Å². The average Bonchev–Trinajstić information content (AvgIpc) is 3.45. The molecule has 2 aliphatic rings. The van der Waals surface area contributed by atoms with Crippen LogP contribution in [-0.4, -0.2) is 33.0 Å². The Labute approximate surface area is 211 Å². The Morgan fingerprint density at radius 2 is 1.64 bits per heavy atom. The Hall–Kier alpha value is -3.85. The SMILES string of the molecule is Cc1ccc(C2=NN(C3=NC(=O)[C@@H](CC(=O)Nc4ccc(F)cc4)S3)[C@H](c3ccc(F)cc3)C2)cc1. The maximum Gasteiger partial charge on any atom is 0.262 e. The first-order valence-corrected chi connectivity index (χ1v) is 12.3. The summed E-state index contributed by atoms with van der Waals surface area (Å²) in [5.41, 5.74) is 4.21. The summed E-state index contributed by atoms with van der Waals surface area (Å²) in [4.78, 5) is 29.4. The first-order valence-electron chi connectivity index (χ1n) is 11.4. The third-order valence-corrected chi connectivity index (χ3v) is 7.12. The number of carbonyl (C=O) groups excluding carboxylic acids is 2. The molecule has 36 heavy (non-hydrogen) atoms. The molecule has 2 aliphatic heterocycles. The van der Waals surface area contributed by atoms with E-state index in [-0.39, 0.29) is 24.2 Å². The van der Waals surface area contributed by atoms with Crippen LogP contribution >= 0.6 is 11.8 Å². The van der Waals surface area contributed by atoms with E-state index in [0.717, 1.165) is 22.4 Å². The van der Waals surface area contributed by atoms with Gasteiger partial charge >= 0.3 is 0 Å². The van der Waals surface area contributed by atoms with Crippen molar-refractivity contribution in [3.05, 3.63) is 101 Å². The van der Waals surface area contributed by atoms with E-state index in [1.807, 2.05) is 31.2 Å². The zero-order valence-electron chi connectivity index (χ0n) is 19.3. The van der Waals surface area contributed by atoms with Crippen LogP contribution in [-0.2, 0) is 9.59 Å². The fourth-order valence-electron chi connectivity index (χ4n) is 4.07. The van der Waals surface area contributed by atoms with Gasteiger partial charge in [-0.3, -0.25) is 9.59 Å². The molecule has 0 fully saturated rings. The van der Waals surface area contributed by atoms with Crippen molar-refractivity contribution in [1.82, 2.24) is 5.01 Å². The minimum atomic E-state index is -0.701. The molecule has 0 saturated heterocycles. The number of aliphatic imine (C=N–C) groups is 1. The van der Waals surface area contributed by atoms with Crippen LogP contribution in [0, 0.1) is 18.6 Å². The Balaban J connectivity index is 1.35. The molecular weight excluding hydrogens is 482 g/mol. The molecule has 0 aromatic heterocycles. The number of amides is 2. The van der Waals surface area contributed by atoms with E-state index in [1.54, 1.807) is 17.1 Å². The lowest BCUT2D eigenvalue weighted by atomic mass is 9.98. The molecule has 3 aromatic carbocycles. The van der Waals surface area contributed by atoms with Crippen LogP contribution in [0.1, 0.15) is 35.6 Å². The second-order valence-electron chi connectivity index (χ2n) is 8.63. The summed E-state index contributed by atoms with van der Waals surface area (Å²) in [5.74, 6) is -1.53. The molecule has 0 radical (unpaired) electrons. The van der Waals surface area contributed by atoms with Gasteiger partial charge in [0.2, 0.25) is 5.91 Å². The molecule has 182 valence electrons. The van der Waals surface area contributed by atoms with Gasteiger partial charge in [-0.05, 0) is 54.4 Å². The molecule has 2 heterocycles. The fourth-order valence-corrected chi connectivity index (χ4v) is 5.13. The number of amidine groups is 1. The predicted octanol–water partition coefficient (Wildman–Crippen LogP) is 5.45. The molecule has 0 spiro atoms. The Bertz CT molecular complexity index is 1360. The van der Waals surface area contributed by atoms with Gasteiger partial charge in [0.05, 0.1) is 11.8 Å². The maximum absolute atomic E-state index is 13.6. The van der Waals surface area contributed by atoms with E-state index in [4.69, 9.17) is 5.10 Å². The topological polar surface area (TPSA) is 74.1 Å². The molecule has 6 nitrogen and oxygen atoms in total. The van der Waals surface area contributed by atoms with Crippen molar-refractivity contribution in [1.29, 1.82) is 0 Å². The van der Waals surface area contributed by atoms with Crippen molar-refractivity contribution in [2.24, 2.45) is 10.1 Å². The molecule has 0 saturated carbocycles. The number of halogens is 2. The van der Waals surface area contributed by atoms with Crippen LogP contribution in [0.2, 0.25) is 0 Å². The summed E-state index contributed by atoms with van der Waals surface area (Å²) in [5, 5.41) is 8.86. The molecule has 0 bridgehead atoms. The third-order valence-electron chi connectivity index (χ3n) is 5.97. The summed E-state index contributed by atoms with van der Waals surface area (Å²) < 4.78 is 26.7. The van der Waals surface area contributed by atoms with Crippen molar-refractivity contribution in [2.75, 3.05) is 5.32 Å². The zero-order valence-corrected chi connectivity index (χ0v) is 20.1. The smallest absolute Gasteiger partial charge is 0.262 e. The molecule has 1 N–H and O–H groups in total. The van der Waals surface area contributed by atoms with Crippen molar-refractivity contribution < 1.29 is 18.4 Å². The number of anilines is 1. The van der Waals surface area contributed by atoms with E-state index in [0.29, 0.717) is 17.3 Å². The van der Waals surface area contributed by atoms with E-state index >= 15 is 0 Å². The number of carbonyl (C=O) groups is 2. The Morgan fingerprint density at radius 3 is 2.31 bits per heavy atom. The number of benzene rings is 3. The quantitative estimate of drug-likeness (QED) is 0.501. The van der Waals surface area contributed by atoms with Gasteiger partial charge in [-0.25, -0.2) is 13.8 Å². The van der Waals surface area contributed by atoms with E-state index in [9.17, 15) is 18.4 Å². The highest BCUT2D eigenvalue weighted by atomic mass is 32.2. The highest BCUT2D eigenvalue weighted by Crippen LogP contribution is 2.38. The molecule has 2 atom stereocenters. The molecule has 2 amide bonds. The lowest BCUT2D eigenvalue weighted by molar-refractivity contribution is -0.121. The van der Waals surface area contributed by atoms with Gasteiger partial charge in [-0.15, -0.1) is 0 Å². The number of hydrogen-bond donors (Lipinski definition) is 1. The monoisotopic (exact) mass is 504 g/mol. The fraction of sp³-hybridized carbons (Fsp3) is 0.185. The summed E-state index contributed by atoms with van der Waals surface area (Å²) in [6, 6.07) is 19.4. The van der Waals surface area contributed by atoms with E-state index < -0.39 is 17.0 Å². The molecule has 5 rings (SSSR count). The largest absolute Gasteiger partial charge is 0.326 e. The summed E-state index contributed by atoms with van der Waals surface area (Å²) >= 11 is 1.18. The highest BCUT2D eigenvalue weighted by molar-refractivity contribution is 8.15. The van der Waals surface area contributed by atoms with Crippen LogP contribution < -0.4 is 5.32 Å². The first kappa shape index (κ1) is 23.9. The Morgan fingerprint density at radius 1 is 1.00 bits per heavy atom. The number of aryl methyl sites for hydroxylation is 1. The van der Waals surface area contributed by atoms with Crippen LogP contribution in [0.3, 0.4) is 0 Å². The summed E-state index contributed by atoms with van der Waals surface area (Å²) in [6.45, 7) is 2.01. The van der Waals surface area contributed by atoms with Gasteiger partial charge in [0.15, 0.2) is 5.17 Å². The minimum Gasteiger partial charge on any atom is -0.326 e. The first-order chi connectivity index (χ1) is 17.4. The van der Waals surface area contributed by atoms with Gasteiger partial charge < -0.3 is 5.32 Å². The van der Waals surface area contributed by atoms with Crippen LogP contribution in [0.25, 0.3) is 0 Å². The summed E-state index contributed by atoms with van der Waals surface area (Å²) in [6.07, 6.45) is 0.468. The number of hydrogen-bond acceptors (Lipinski definition) is 5. The summed E-state index contributed by atoms with van der Waals surface area (Å²) in [7, 11) is 0. The number of nitrogens with zero attached hydrogens (tertiary/aromatic N) is 3. The molecule has 3 aromatic rings. The van der Waals surface area contributed by atoms with Crippen molar-refractivity contribution >= 4 is 40.1 Å². The highest BCUT2D eigenvalue weighted by Gasteiger charge is 2.39. The number of nitrogens with one attached hydrogen (secondary N) is 1. The molecule has 0 unspecified atom stereocenters. The number of hydrazone groups is 1. The van der Waals surface area contributed by atoms with E-state index in [2.05, 4.69) is 10.3 Å². The normalized spacial score (nSPS) is 19.3. The van der Waals surface area contributed by atoms with Gasteiger partial charge in [0.25, 0.3) is 5.91 Å². The number of thioether (sulfide) groups is 1. The van der Waals surface area contributed by atoms with Crippen LogP contribution in [0.5, 0.6) is 0 Å². The standard InChI is InChI=1S/C27H22F2N4O2S/c1-16-2-4-17(5-3-16)22-14-23(18-6-8-19(28)9-7-18)33(32-22)27-31-26(35)24(36-27)15-25(34)30-21-12-10-20(29)11-13-21/h2-13,23-24H,14-15H2,1H3,(H,30,34)/t23-,24+/m0/s1. The van der Waals surface area contributed by atoms with E-state index in [1.165, 1.54) is 48.2 Å². The van der Waals surface area contributed by atoms with Crippen LogP contribution in [0.15, 0.2) is 82.9 Å². The lowest BCUT2D eigenvalue weighted by Gasteiger charge is -2.23. The molecular formula is C27H22F2N4O2S. The zero-order chi connectivity index (χ0) is 25.2. The van der Waals surface area contributed by atoms with Gasteiger partial charge in [0, 0.05) is 18.5 Å². The lowest BCUT2D eigenvalue weighted by Crippen LogP contribution is -2.25.